The Balaban J connectivity index is 2.09. The molecule has 0 aliphatic carbocycles. The van der Waals surface area contributed by atoms with Crippen LogP contribution in [0.5, 0.6) is 0 Å². The molecule has 90 valence electrons. The Hall–Kier alpha value is -1.47. The molecule has 0 bridgehead atoms. The summed E-state index contributed by atoms with van der Waals surface area (Å²) in [4.78, 5) is 4.23. The lowest BCUT2D eigenvalue weighted by Crippen LogP contribution is -2.35. The zero-order valence-corrected chi connectivity index (χ0v) is 10.2. The van der Waals surface area contributed by atoms with Crippen LogP contribution in [0.25, 0.3) is 11.0 Å². The molecule has 3 rings (SSSR count). The summed E-state index contributed by atoms with van der Waals surface area (Å²) in [7, 11) is -3.13. The first-order valence-corrected chi connectivity index (χ1v) is 7.15. The molecule has 1 aliphatic rings. The zero-order chi connectivity index (χ0) is 12.0. The quantitative estimate of drug-likeness (QED) is 0.790. The van der Waals surface area contributed by atoms with E-state index in [1.165, 1.54) is 10.6 Å². The maximum atomic E-state index is 11.5. The summed E-state index contributed by atoms with van der Waals surface area (Å²) in [5.74, 6) is 0. The van der Waals surface area contributed by atoms with Gasteiger partial charge in [0.15, 0.2) is 5.65 Å². The van der Waals surface area contributed by atoms with Gasteiger partial charge in [0.25, 0.3) is 0 Å². The minimum atomic E-state index is -3.13. The molecule has 6 nitrogen and oxygen atoms in total. The summed E-state index contributed by atoms with van der Waals surface area (Å²) in [6.07, 6.45) is 5.42. The molecule has 0 fully saturated rings. The standard InChI is InChI=1S/C10H12N4O2S/c1-17(15,16)14-3-2-8-7(6-14)4-11-10-9(8)5-12-13-10/h4-5H,2-3,6H2,1H3,(H,11,12,13). The molecule has 0 saturated heterocycles. The van der Waals surface area contributed by atoms with E-state index in [-0.39, 0.29) is 0 Å². The number of H-pyrrole nitrogens is 1. The van der Waals surface area contributed by atoms with Gasteiger partial charge in [-0.2, -0.15) is 9.40 Å². The fourth-order valence-electron chi connectivity index (χ4n) is 2.21. The number of aromatic amines is 1. The molecule has 0 aromatic carbocycles. The summed E-state index contributed by atoms with van der Waals surface area (Å²) in [6, 6.07) is 0. The SMILES string of the molecule is CS(=O)(=O)N1CCc2c(cnc3[nH]ncc23)C1. The summed E-state index contributed by atoms with van der Waals surface area (Å²) in [6.45, 7) is 0.929. The van der Waals surface area contributed by atoms with Crippen LogP contribution in [0.4, 0.5) is 0 Å². The molecule has 0 spiro atoms. The summed E-state index contributed by atoms with van der Waals surface area (Å²) in [5, 5.41) is 7.77. The first-order valence-electron chi connectivity index (χ1n) is 5.30. The molecule has 1 aliphatic heterocycles. The van der Waals surface area contributed by atoms with E-state index in [0.29, 0.717) is 19.5 Å². The van der Waals surface area contributed by atoms with Crippen LogP contribution in [0, 0.1) is 0 Å². The Kier molecular flexibility index (Phi) is 2.20. The first kappa shape index (κ1) is 10.7. The first-order chi connectivity index (χ1) is 8.05. The lowest BCUT2D eigenvalue weighted by atomic mass is 10.0. The third kappa shape index (κ3) is 1.71. The largest absolute Gasteiger partial charge is 0.261 e. The molecule has 3 heterocycles. The molecule has 0 saturated carbocycles. The van der Waals surface area contributed by atoms with Crippen LogP contribution in [0.15, 0.2) is 12.4 Å². The van der Waals surface area contributed by atoms with Gasteiger partial charge in [0.05, 0.1) is 12.5 Å². The van der Waals surface area contributed by atoms with E-state index < -0.39 is 10.0 Å². The van der Waals surface area contributed by atoms with Gasteiger partial charge in [-0.3, -0.25) is 5.10 Å². The summed E-state index contributed by atoms with van der Waals surface area (Å²) >= 11 is 0. The third-order valence-corrected chi connectivity index (χ3v) is 4.36. The van der Waals surface area contributed by atoms with Crippen molar-refractivity contribution in [3.8, 4) is 0 Å². The number of pyridine rings is 1. The van der Waals surface area contributed by atoms with Crippen molar-refractivity contribution in [2.45, 2.75) is 13.0 Å². The Morgan fingerprint density at radius 1 is 1.41 bits per heavy atom. The van der Waals surface area contributed by atoms with Crippen LogP contribution in [0.3, 0.4) is 0 Å². The van der Waals surface area contributed by atoms with E-state index in [9.17, 15) is 8.42 Å². The van der Waals surface area contributed by atoms with Crippen molar-refractivity contribution in [1.82, 2.24) is 19.5 Å². The lowest BCUT2D eigenvalue weighted by molar-refractivity contribution is 0.395. The summed E-state index contributed by atoms with van der Waals surface area (Å²) in [5.41, 5.74) is 2.88. The van der Waals surface area contributed by atoms with Crippen molar-refractivity contribution >= 4 is 21.1 Å². The van der Waals surface area contributed by atoms with Crippen LogP contribution in [0.1, 0.15) is 11.1 Å². The van der Waals surface area contributed by atoms with Gasteiger partial charge < -0.3 is 0 Å². The topological polar surface area (TPSA) is 79.0 Å². The minimum Gasteiger partial charge on any atom is -0.261 e. The average molecular weight is 252 g/mol. The van der Waals surface area contributed by atoms with Crippen molar-refractivity contribution in [3.63, 3.8) is 0 Å². The van der Waals surface area contributed by atoms with Gasteiger partial charge in [-0.1, -0.05) is 0 Å². The zero-order valence-electron chi connectivity index (χ0n) is 9.34. The second-order valence-corrected chi connectivity index (χ2v) is 6.22. The number of fused-ring (bicyclic) bond motifs is 3. The van der Waals surface area contributed by atoms with Crippen LogP contribution in [0.2, 0.25) is 0 Å². The molecular formula is C10H12N4O2S. The molecule has 7 heteroatoms. The number of nitrogens with zero attached hydrogens (tertiary/aromatic N) is 3. The molecule has 0 unspecified atom stereocenters. The Bertz CT molecular complexity index is 677. The van der Waals surface area contributed by atoms with Crippen molar-refractivity contribution in [2.75, 3.05) is 12.8 Å². The van der Waals surface area contributed by atoms with Gasteiger partial charge in [-0.25, -0.2) is 13.4 Å². The maximum Gasteiger partial charge on any atom is 0.211 e. The van der Waals surface area contributed by atoms with Crippen molar-refractivity contribution in [2.24, 2.45) is 0 Å². The van der Waals surface area contributed by atoms with Crippen molar-refractivity contribution in [1.29, 1.82) is 0 Å². The predicted molar refractivity (Wildman–Crippen MR) is 62.8 cm³/mol. The molecular weight excluding hydrogens is 240 g/mol. The Morgan fingerprint density at radius 3 is 3.00 bits per heavy atom. The number of nitrogens with one attached hydrogen (secondary N) is 1. The molecule has 2 aromatic heterocycles. The van der Waals surface area contributed by atoms with E-state index >= 15 is 0 Å². The fourth-order valence-corrected chi connectivity index (χ4v) is 3.01. The highest BCUT2D eigenvalue weighted by Crippen LogP contribution is 2.25. The number of hydrogen-bond donors (Lipinski definition) is 1. The van der Waals surface area contributed by atoms with Gasteiger partial charge in [-0.05, 0) is 17.5 Å². The normalized spacial score (nSPS) is 17.2. The lowest BCUT2D eigenvalue weighted by Gasteiger charge is -2.26. The molecule has 0 amide bonds. The highest BCUT2D eigenvalue weighted by Gasteiger charge is 2.24. The highest BCUT2D eigenvalue weighted by atomic mass is 32.2. The molecule has 0 atom stereocenters. The summed E-state index contributed by atoms with van der Waals surface area (Å²) < 4.78 is 24.5. The van der Waals surface area contributed by atoms with E-state index in [1.807, 2.05) is 0 Å². The average Bonchev–Trinajstić information content (AvgIpc) is 2.75. The number of aromatic nitrogens is 3. The van der Waals surface area contributed by atoms with Gasteiger partial charge in [0, 0.05) is 24.7 Å². The van der Waals surface area contributed by atoms with Crippen LogP contribution in [-0.4, -0.2) is 40.7 Å². The van der Waals surface area contributed by atoms with Crippen LogP contribution in [-0.2, 0) is 23.0 Å². The Labute approximate surface area is 98.7 Å². The number of rotatable bonds is 1. The van der Waals surface area contributed by atoms with E-state index in [4.69, 9.17) is 0 Å². The number of hydrogen-bond acceptors (Lipinski definition) is 4. The molecule has 2 aromatic rings. The monoisotopic (exact) mass is 252 g/mol. The van der Waals surface area contributed by atoms with E-state index in [1.54, 1.807) is 12.4 Å². The maximum absolute atomic E-state index is 11.5. The predicted octanol–water partition coefficient (Wildman–Crippen LogP) is 0.276. The fraction of sp³-hybridized carbons (Fsp3) is 0.400. The molecule has 17 heavy (non-hydrogen) atoms. The third-order valence-electron chi connectivity index (χ3n) is 3.11. The van der Waals surface area contributed by atoms with E-state index in [2.05, 4.69) is 15.2 Å². The number of sulfonamides is 1. The second kappa shape index (κ2) is 3.51. The van der Waals surface area contributed by atoms with Crippen LogP contribution >= 0.6 is 0 Å². The van der Waals surface area contributed by atoms with Crippen LogP contribution < -0.4 is 0 Å². The second-order valence-electron chi connectivity index (χ2n) is 4.24. The van der Waals surface area contributed by atoms with Crippen molar-refractivity contribution < 1.29 is 8.42 Å². The highest BCUT2D eigenvalue weighted by molar-refractivity contribution is 7.88. The van der Waals surface area contributed by atoms with Crippen molar-refractivity contribution in [3.05, 3.63) is 23.5 Å². The van der Waals surface area contributed by atoms with Gasteiger partial charge >= 0.3 is 0 Å². The molecule has 0 radical (unpaired) electrons. The smallest absolute Gasteiger partial charge is 0.211 e. The van der Waals surface area contributed by atoms with Gasteiger partial charge in [-0.15, -0.1) is 0 Å². The Morgan fingerprint density at radius 2 is 2.24 bits per heavy atom. The van der Waals surface area contributed by atoms with E-state index in [0.717, 1.165) is 22.2 Å². The van der Waals surface area contributed by atoms with Gasteiger partial charge in [0.2, 0.25) is 10.0 Å². The van der Waals surface area contributed by atoms with Gasteiger partial charge in [0.1, 0.15) is 0 Å². The minimum absolute atomic E-state index is 0.405. The molecule has 1 N–H and O–H groups in total.